The molecular formula is C31H36BN4O. The van der Waals surface area contributed by atoms with Crippen molar-refractivity contribution in [3.05, 3.63) is 77.8 Å². The second kappa shape index (κ2) is 11.0. The summed E-state index contributed by atoms with van der Waals surface area (Å²) < 4.78 is 5.97. The molecule has 0 spiro atoms. The van der Waals surface area contributed by atoms with E-state index in [0.717, 1.165) is 69.9 Å². The van der Waals surface area contributed by atoms with Crippen molar-refractivity contribution in [2.75, 3.05) is 50.8 Å². The van der Waals surface area contributed by atoms with Gasteiger partial charge in [0.2, 0.25) is 0 Å². The molecule has 2 aromatic carbocycles. The molecular weight excluding hydrogens is 455 g/mol. The number of piperazine rings is 1. The van der Waals surface area contributed by atoms with E-state index in [4.69, 9.17) is 17.6 Å². The van der Waals surface area contributed by atoms with Gasteiger partial charge in [-0.3, -0.25) is 14.8 Å². The summed E-state index contributed by atoms with van der Waals surface area (Å²) in [4.78, 5) is 12.5. The van der Waals surface area contributed by atoms with Crippen molar-refractivity contribution in [3.8, 4) is 0 Å². The van der Waals surface area contributed by atoms with Crippen LogP contribution in [0.2, 0.25) is 0 Å². The molecule has 3 radical (unpaired) electrons. The summed E-state index contributed by atoms with van der Waals surface area (Å²) in [7, 11) is 5.89. The Morgan fingerprint density at radius 2 is 1.89 bits per heavy atom. The third-order valence-corrected chi connectivity index (χ3v) is 8.03. The number of ether oxygens (including phenoxy) is 1. The Bertz CT molecular complexity index is 1260. The van der Waals surface area contributed by atoms with E-state index in [-0.39, 0.29) is 0 Å². The van der Waals surface area contributed by atoms with Crippen molar-refractivity contribution in [3.63, 3.8) is 0 Å². The van der Waals surface area contributed by atoms with Gasteiger partial charge in [-0.2, -0.15) is 0 Å². The number of hydrogen-bond acceptors (Lipinski definition) is 5. The van der Waals surface area contributed by atoms with E-state index in [9.17, 15) is 0 Å². The van der Waals surface area contributed by atoms with Crippen molar-refractivity contribution in [2.24, 2.45) is 0 Å². The molecule has 0 N–H and O–H groups in total. The Hall–Kier alpha value is -2.67. The molecule has 1 aliphatic carbocycles. The van der Waals surface area contributed by atoms with Crippen molar-refractivity contribution in [1.29, 1.82) is 0 Å². The van der Waals surface area contributed by atoms with Crippen LogP contribution in [-0.4, -0.2) is 74.6 Å². The van der Waals surface area contributed by atoms with E-state index in [1.165, 1.54) is 46.2 Å². The highest BCUT2D eigenvalue weighted by atomic mass is 16.5. The predicted molar refractivity (Wildman–Crippen MR) is 153 cm³/mol. The van der Waals surface area contributed by atoms with Crippen LogP contribution in [0.5, 0.6) is 0 Å². The fraction of sp³-hybridized carbons (Fsp3) is 0.419. The number of allylic oxidation sites excluding steroid dienone is 2. The number of anilines is 1. The van der Waals surface area contributed by atoms with Gasteiger partial charge in [0.25, 0.3) is 0 Å². The summed E-state index contributed by atoms with van der Waals surface area (Å²) in [6, 6.07) is 15.1. The molecule has 189 valence electrons. The second-order valence-corrected chi connectivity index (χ2v) is 10.6. The fourth-order valence-electron chi connectivity index (χ4n) is 5.87. The molecule has 2 fully saturated rings. The molecule has 0 amide bonds. The minimum Gasteiger partial charge on any atom is -0.377 e. The van der Waals surface area contributed by atoms with E-state index in [2.05, 4.69) is 64.5 Å². The lowest BCUT2D eigenvalue weighted by Gasteiger charge is -2.36. The predicted octanol–water partition coefficient (Wildman–Crippen LogP) is 3.95. The zero-order chi connectivity index (χ0) is 25.2. The lowest BCUT2D eigenvalue weighted by molar-refractivity contribution is 0.0725. The highest BCUT2D eigenvalue weighted by Crippen LogP contribution is 2.39. The molecule has 2 saturated heterocycles. The third kappa shape index (κ3) is 5.62. The summed E-state index contributed by atoms with van der Waals surface area (Å²) in [5.41, 5.74) is 8.64. The van der Waals surface area contributed by atoms with Gasteiger partial charge in [0.05, 0.1) is 11.6 Å². The normalized spacial score (nSPS) is 20.1. The number of hydrogen-bond donors (Lipinski definition) is 0. The number of likely N-dealkylation sites (N-methyl/N-ethyl adjacent to an activating group) is 1. The standard InChI is InChI=1S/C31H36BN4O/c1-2-34(22-28-5-4-18-37-28)21-25-19-24(29-6-3-13-33-31(29)30(25)23-7-8-23)20-35-14-16-36(17-15-35)27-11-9-26(32)10-12-27/h3,6-13,19,28H,2,4-5,14-18,20-22H2,1H3. The van der Waals surface area contributed by atoms with E-state index in [1.54, 1.807) is 0 Å². The van der Waals surface area contributed by atoms with Gasteiger partial charge >= 0.3 is 0 Å². The maximum absolute atomic E-state index is 5.97. The van der Waals surface area contributed by atoms with Gasteiger partial charge in [0, 0.05) is 81.7 Å². The molecule has 0 bridgehead atoms. The van der Waals surface area contributed by atoms with Crippen LogP contribution in [0, 0.1) is 6.42 Å². The maximum Gasteiger partial charge on any atom is 0.113 e. The minimum absolute atomic E-state index is 0.366. The van der Waals surface area contributed by atoms with Gasteiger partial charge in [0.15, 0.2) is 0 Å². The van der Waals surface area contributed by atoms with Gasteiger partial charge in [-0.05, 0) is 54.3 Å². The van der Waals surface area contributed by atoms with Crippen molar-refractivity contribution < 1.29 is 4.74 Å². The summed E-state index contributed by atoms with van der Waals surface area (Å²) >= 11 is 0. The van der Waals surface area contributed by atoms with Crippen LogP contribution in [0.1, 0.15) is 36.5 Å². The van der Waals surface area contributed by atoms with E-state index >= 15 is 0 Å². The van der Waals surface area contributed by atoms with Crippen LogP contribution in [-0.2, 0) is 17.8 Å². The molecule has 3 aromatic rings. The van der Waals surface area contributed by atoms with Gasteiger partial charge in [-0.15, -0.1) is 0 Å². The summed E-state index contributed by atoms with van der Waals surface area (Å²) in [5, 5.41) is 1.28. The van der Waals surface area contributed by atoms with Crippen LogP contribution in [0.3, 0.4) is 0 Å². The molecule has 1 unspecified atom stereocenters. The molecule has 2 aliphatic heterocycles. The first kappa shape index (κ1) is 24.7. The topological polar surface area (TPSA) is 31.8 Å². The number of rotatable bonds is 9. The average molecular weight is 491 g/mol. The van der Waals surface area contributed by atoms with Gasteiger partial charge in [-0.1, -0.05) is 42.7 Å². The first-order valence-electron chi connectivity index (χ1n) is 13.8. The SMILES string of the molecule is [B]c1ccc(N2CCN(Cc3cc(CN(CC)CC4CCCO4)c(C4=C[CH]4)c4ncccc34)CC2)cc1. The van der Waals surface area contributed by atoms with Gasteiger partial charge < -0.3 is 9.64 Å². The molecule has 0 saturated carbocycles. The highest BCUT2D eigenvalue weighted by molar-refractivity contribution is 6.32. The van der Waals surface area contributed by atoms with Crippen LogP contribution in [0.4, 0.5) is 5.69 Å². The third-order valence-electron chi connectivity index (χ3n) is 8.03. The van der Waals surface area contributed by atoms with Crippen molar-refractivity contribution in [2.45, 2.75) is 39.0 Å². The smallest absolute Gasteiger partial charge is 0.113 e. The Morgan fingerprint density at radius 3 is 2.59 bits per heavy atom. The molecule has 1 atom stereocenters. The second-order valence-electron chi connectivity index (χ2n) is 10.6. The highest BCUT2D eigenvalue weighted by Gasteiger charge is 2.25. The molecule has 1 aromatic heterocycles. The Kier molecular flexibility index (Phi) is 7.32. The molecule has 6 rings (SSSR count). The molecule has 6 heteroatoms. The molecule has 5 nitrogen and oxygen atoms in total. The number of aromatic nitrogens is 1. The quantitative estimate of drug-likeness (QED) is 0.424. The summed E-state index contributed by atoms with van der Waals surface area (Å²) in [6.45, 7) is 11.2. The molecule has 3 heterocycles. The van der Waals surface area contributed by atoms with Crippen LogP contribution in [0.25, 0.3) is 16.5 Å². The Labute approximate surface area is 222 Å². The number of fused-ring (bicyclic) bond motifs is 1. The number of pyridine rings is 1. The van der Waals surface area contributed by atoms with Crippen molar-refractivity contribution >= 4 is 35.5 Å². The van der Waals surface area contributed by atoms with Crippen LogP contribution < -0.4 is 10.4 Å². The van der Waals surface area contributed by atoms with E-state index in [1.807, 2.05) is 18.3 Å². The largest absolute Gasteiger partial charge is 0.377 e. The van der Waals surface area contributed by atoms with Crippen LogP contribution in [0.15, 0.2) is 54.7 Å². The average Bonchev–Trinajstić information content (AvgIpc) is 3.63. The lowest BCUT2D eigenvalue weighted by Crippen LogP contribution is -2.46. The summed E-state index contributed by atoms with van der Waals surface area (Å²) in [5.74, 6) is 0. The Morgan fingerprint density at radius 1 is 1.08 bits per heavy atom. The summed E-state index contributed by atoms with van der Waals surface area (Å²) in [6.07, 6.45) is 9.11. The minimum atomic E-state index is 0.366. The monoisotopic (exact) mass is 491 g/mol. The maximum atomic E-state index is 5.97. The Balaban J connectivity index is 1.23. The van der Waals surface area contributed by atoms with Gasteiger partial charge in [-0.25, -0.2) is 0 Å². The van der Waals surface area contributed by atoms with E-state index < -0.39 is 0 Å². The zero-order valence-electron chi connectivity index (χ0n) is 21.9. The van der Waals surface area contributed by atoms with Crippen molar-refractivity contribution in [1.82, 2.24) is 14.8 Å². The number of benzene rings is 2. The zero-order valence-corrected chi connectivity index (χ0v) is 21.9. The first-order chi connectivity index (χ1) is 18.2. The van der Waals surface area contributed by atoms with Gasteiger partial charge in [0.1, 0.15) is 7.85 Å². The lowest BCUT2D eigenvalue weighted by atomic mass is 9.95. The number of nitrogens with zero attached hydrogens (tertiary/aromatic N) is 4. The molecule has 3 aliphatic rings. The fourth-order valence-corrected chi connectivity index (χ4v) is 5.87. The van der Waals surface area contributed by atoms with Crippen LogP contribution >= 0.6 is 0 Å². The van der Waals surface area contributed by atoms with E-state index in [0.29, 0.717) is 6.10 Å². The first-order valence-corrected chi connectivity index (χ1v) is 13.8. The molecule has 37 heavy (non-hydrogen) atoms.